The maximum Gasteiger partial charge on any atom is 0.243 e. The molecule has 0 amide bonds. The minimum atomic E-state index is -3.67. The van der Waals surface area contributed by atoms with Crippen LogP contribution in [0.2, 0.25) is 0 Å². The molecule has 0 saturated carbocycles. The third kappa shape index (κ3) is 4.03. The quantitative estimate of drug-likeness (QED) is 0.417. The second-order valence-electron chi connectivity index (χ2n) is 8.79. The lowest BCUT2D eigenvalue weighted by molar-refractivity contribution is 0.156. The Labute approximate surface area is 204 Å². The van der Waals surface area contributed by atoms with Gasteiger partial charge in [-0.15, -0.1) is 0 Å². The highest BCUT2D eigenvalue weighted by Crippen LogP contribution is 2.39. The SMILES string of the molecule is O=S(=O)(c1ccc2c(c1)-c1oncc1CO2)N1CCN(C(c2ccccc2)c2ccccc2)CC1. The van der Waals surface area contributed by atoms with Gasteiger partial charge in [-0.1, -0.05) is 65.8 Å². The van der Waals surface area contributed by atoms with Crippen molar-refractivity contribution in [3.05, 3.63) is 102 Å². The Balaban J connectivity index is 1.24. The number of sulfonamides is 1. The molecule has 0 N–H and O–H groups in total. The minimum Gasteiger partial charge on any atom is -0.488 e. The zero-order chi connectivity index (χ0) is 23.8. The van der Waals surface area contributed by atoms with Crippen molar-refractivity contribution in [1.29, 1.82) is 0 Å². The van der Waals surface area contributed by atoms with Gasteiger partial charge in [0.25, 0.3) is 0 Å². The molecule has 0 radical (unpaired) electrons. The van der Waals surface area contributed by atoms with Gasteiger partial charge in [-0.05, 0) is 29.3 Å². The van der Waals surface area contributed by atoms with Crippen LogP contribution in [0.4, 0.5) is 0 Å². The predicted molar refractivity (Wildman–Crippen MR) is 131 cm³/mol. The molecular formula is C27H25N3O4S. The van der Waals surface area contributed by atoms with Gasteiger partial charge < -0.3 is 9.26 Å². The molecule has 4 aromatic rings. The Bertz CT molecular complexity index is 1390. The molecule has 1 saturated heterocycles. The van der Waals surface area contributed by atoms with Crippen molar-refractivity contribution in [2.75, 3.05) is 26.2 Å². The molecule has 3 heterocycles. The number of hydrogen-bond acceptors (Lipinski definition) is 6. The van der Waals surface area contributed by atoms with Crippen LogP contribution in [-0.4, -0.2) is 49.0 Å². The Morgan fingerprint density at radius 1 is 0.829 bits per heavy atom. The molecule has 0 spiro atoms. The first-order valence-electron chi connectivity index (χ1n) is 11.7. The van der Waals surface area contributed by atoms with Crippen LogP contribution in [-0.2, 0) is 16.6 Å². The highest BCUT2D eigenvalue weighted by atomic mass is 32.2. The van der Waals surface area contributed by atoms with E-state index in [1.54, 1.807) is 28.7 Å². The Morgan fingerprint density at radius 2 is 1.49 bits per heavy atom. The van der Waals surface area contributed by atoms with E-state index in [-0.39, 0.29) is 10.9 Å². The van der Waals surface area contributed by atoms with E-state index in [0.717, 1.165) is 5.56 Å². The summed E-state index contributed by atoms with van der Waals surface area (Å²) in [6.45, 7) is 2.46. The topological polar surface area (TPSA) is 75.9 Å². The molecule has 2 aliphatic heterocycles. The van der Waals surface area contributed by atoms with E-state index < -0.39 is 10.0 Å². The second-order valence-corrected chi connectivity index (χ2v) is 10.7. The second kappa shape index (κ2) is 8.96. The first-order valence-corrected chi connectivity index (χ1v) is 13.1. The molecule has 1 aromatic heterocycles. The lowest BCUT2D eigenvalue weighted by Crippen LogP contribution is -2.49. The van der Waals surface area contributed by atoms with Crippen molar-refractivity contribution in [1.82, 2.24) is 14.4 Å². The maximum atomic E-state index is 13.6. The van der Waals surface area contributed by atoms with Crippen molar-refractivity contribution >= 4 is 10.0 Å². The van der Waals surface area contributed by atoms with E-state index >= 15 is 0 Å². The summed E-state index contributed by atoms with van der Waals surface area (Å²) in [4.78, 5) is 2.60. The first-order chi connectivity index (χ1) is 17.1. The summed E-state index contributed by atoms with van der Waals surface area (Å²) in [6, 6.07) is 25.8. The van der Waals surface area contributed by atoms with Crippen LogP contribution in [0.5, 0.6) is 5.75 Å². The summed E-state index contributed by atoms with van der Waals surface area (Å²) in [6.07, 6.45) is 1.61. The third-order valence-corrected chi connectivity index (χ3v) is 8.62. The van der Waals surface area contributed by atoms with Crippen LogP contribution in [0, 0.1) is 0 Å². The summed E-state index contributed by atoms with van der Waals surface area (Å²) in [7, 11) is -3.67. The van der Waals surface area contributed by atoms with Gasteiger partial charge in [-0.3, -0.25) is 4.90 Å². The molecule has 2 aliphatic rings. The number of benzene rings is 3. The van der Waals surface area contributed by atoms with Gasteiger partial charge in [0, 0.05) is 26.2 Å². The minimum absolute atomic E-state index is 0.0769. The molecule has 35 heavy (non-hydrogen) atoms. The highest BCUT2D eigenvalue weighted by molar-refractivity contribution is 7.89. The van der Waals surface area contributed by atoms with Gasteiger partial charge in [-0.25, -0.2) is 8.42 Å². The van der Waals surface area contributed by atoms with Crippen LogP contribution >= 0.6 is 0 Å². The molecule has 1 fully saturated rings. The van der Waals surface area contributed by atoms with Crippen molar-refractivity contribution in [3.8, 4) is 17.1 Å². The van der Waals surface area contributed by atoms with E-state index in [1.165, 1.54) is 11.1 Å². The van der Waals surface area contributed by atoms with Crippen molar-refractivity contribution in [2.45, 2.75) is 17.5 Å². The fraction of sp³-hybridized carbons (Fsp3) is 0.222. The van der Waals surface area contributed by atoms with Crippen LogP contribution in [0.1, 0.15) is 22.7 Å². The van der Waals surface area contributed by atoms with Crippen LogP contribution in [0.3, 0.4) is 0 Å². The number of piperazine rings is 1. The number of ether oxygens (including phenoxy) is 1. The number of hydrogen-bond donors (Lipinski definition) is 0. The number of rotatable bonds is 5. The molecule has 178 valence electrons. The fourth-order valence-electron chi connectivity index (χ4n) is 4.95. The largest absolute Gasteiger partial charge is 0.488 e. The average molecular weight is 488 g/mol. The summed E-state index contributed by atoms with van der Waals surface area (Å²) >= 11 is 0. The zero-order valence-corrected chi connectivity index (χ0v) is 19.9. The standard InChI is InChI=1S/C27H25N3O4S/c31-35(32,23-11-12-25-24(17-23)27-22(19-33-25)18-28-34-27)30-15-13-29(14-16-30)26(20-7-3-1-4-8-20)21-9-5-2-6-10-21/h1-12,17-18,26H,13-16,19H2. The number of nitrogens with zero attached hydrogens (tertiary/aromatic N) is 3. The maximum absolute atomic E-state index is 13.6. The molecule has 7 nitrogen and oxygen atoms in total. The van der Waals surface area contributed by atoms with Gasteiger partial charge >= 0.3 is 0 Å². The molecule has 0 bridgehead atoms. The van der Waals surface area contributed by atoms with Gasteiger partial charge in [0.15, 0.2) is 5.76 Å². The van der Waals surface area contributed by atoms with Crippen molar-refractivity contribution < 1.29 is 17.7 Å². The molecular weight excluding hydrogens is 462 g/mol. The highest BCUT2D eigenvalue weighted by Gasteiger charge is 2.33. The average Bonchev–Trinajstić information content (AvgIpc) is 3.40. The molecule has 8 heteroatoms. The summed E-state index contributed by atoms with van der Waals surface area (Å²) in [5.74, 6) is 1.17. The molecule has 0 aliphatic carbocycles. The van der Waals surface area contributed by atoms with Crippen LogP contribution in [0.25, 0.3) is 11.3 Å². The monoisotopic (exact) mass is 487 g/mol. The molecule has 6 rings (SSSR count). The van der Waals surface area contributed by atoms with Crippen LogP contribution < -0.4 is 4.74 Å². The van der Waals surface area contributed by atoms with Gasteiger partial charge in [0.1, 0.15) is 12.4 Å². The molecule has 3 aromatic carbocycles. The van der Waals surface area contributed by atoms with Gasteiger partial charge in [-0.2, -0.15) is 4.31 Å². The van der Waals surface area contributed by atoms with E-state index in [1.807, 2.05) is 36.4 Å². The van der Waals surface area contributed by atoms with E-state index in [2.05, 4.69) is 34.3 Å². The third-order valence-electron chi connectivity index (χ3n) is 6.73. The summed E-state index contributed by atoms with van der Waals surface area (Å²) in [5.41, 5.74) is 3.84. The predicted octanol–water partition coefficient (Wildman–Crippen LogP) is 4.33. The van der Waals surface area contributed by atoms with E-state index in [4.69, 9.17) is 9.26 Å². The molecule has 0 atom stereocenters. The number of fused-ring (bicyclic) bond motifs is 3. The lowest BCUT2D eigenvalue weighted by atomic mass is 9.96. The van der Waals surface area contributed by atoms with E-state index in [0.29, 0.717) is 49.9 Å². The van der Waals surface area contributed by atoms with E-state index in [9.17, 15) is 8.42 Å². The first kappa shape index (κ1) is 22.0. The van der Waals surface area contributed by atoms with Gasteiger partial charge in [0.05, 0.1) is 28.3 Å². The Morgan fingerprint density at radius 3 is 2.14 bits per heavy atom. The fourth-order valence-corrected chi connectivity index (χ4v) is 6.40. The Hall–Kier alpha value is -3.46. The zero-order valence-electron chi connectivity index (χ0n) is 19.1. The smallest absolute Gasteiger partial charge is 0.243 e. The Kier molecular flexibility index (Phi) is 5.64. The summed E-state index contributed by atoms with van der Waals surface area (Å²) in [5, 5.41) is 3.84. The van der Waals surface area contributed by atoms with Gasteiger partial charge in [0.2, 0.25) is 10.0 Å². The van der Waals surface area contributed by atoms with Crippen molar-refractivity contribution in [2.24, 2.45) is 0 Å². The number of aromatic nitrogens is 1. The summed E-state index contributed by atoms with van der Waals surface area (Å²) < 4.78 is 39.8. The van der Waals surface area contributed by atoms with Crippen LogP contribution in [0.15, 0.2) is 94.5 Å². The van der Waals surface area contributed by atoms with Crippen molar-refractivity contribution in [3.63, 3.8) is 0 Å². The molecule has 0 unspecified atom stereocenters. The normalized spacial score (nSPS) is 16.5. The lowest BCUT2D eigenvalue weighted by Gasteiger charge is -2.39.